The highest BCUT2D eigenvalue weighted by Gasteiger charge is 2.36. The number of alkyl carbamates (subject to hydrolysis) is 1. The van der Waals surface area contributed by atoms with Gasteiger partial charge in [-0.1, -0.05) is 0 Å². The third-order valence-electron chi connectivity index (χ3n) is 3.17. The van der Waals surface area contributed by atoms with E-state index in [4.69, 9.17) is 10.5 Å². The minimum atomic E-state index is -4.70. The molecule has 0 aliphatic carbocycles. The number of anilines is 1. The maximum absolute atomic E-state index is 13.0. The molecule has 5 N–H and O–H groups in total. The fraction of sp³-hybridized carbons (Fsp3) is 0.562. The fourth-order valence-corrected chi connectivity index (χ4v) is 2.09. The second-order valence-corrected chi connectivity index (χ2v) is 6.57. The monoisotopic (exact) mass is 364 g/mol. The van der Waals surface area contributed by atoms with E-state index in [1.54, 1.807) is 20.8 Å². The molecular weight excluding hydrogens is 341 g/mol. The van der Waals surface area contributed by atoms with Gasteiger partial charge in [-0.15, -0.1) is 0 Å². The molecule has 0 fully saturated rings. The van der Waals surface area contributed by atoms with Crippen LogP contribution in [0.15, 0.2) is 18.2 Å². The van der Waals surface area contributed by atoms with E-state index in [2.05, 4.69) is 5.32 Å². The van der Waals surface area contributed by atoms with Gasteiger partial charge in [-0.25, -0.2) is 4.79 Å². The number of ether oxygens (including phenoxy) is 1. The maximum atomic E-state index is 13.0. The van der Waals surface area contributed by atoms with Crippen molar-refractivity contribution in [2.75, 3.05) is 12.3 Å². The molecule has 0 aromatic heterocycles. The lowest BCUT2D eigenvalue weighted by molar-refractivity contribution is -0.139. The van der Waals surface area contributed by atoms with Crippen molar-refractivity contribution in [1.29, 1.82) is 0 Å². The van der Waals surface area contributed by atoms with Crippen molar-refractivity contribution in [2.45, 2.75) is 51.2 Å². The lowest BCUT2D eigenvalue weighted by Crippen LogP contribution is -2.34. The second-order valence-electron chi connectivity index (χ2n) is 6.57. The van der Waals surface area contributed by atoms with E-state index < -0.39 is 41.2 Å². The van der Waals surface area contributed by atoms with Crippen LogP contribution in [0.2, 0.25) is 0 Å². The van der Waals surface area contributed by atoms with Gasteiger partial charge in [0.05, 0.1) is 11.7 Å². The summed E-state index contributed by atoms with van der Waals surface area (Å²) in [5.74, 6) is 0. The first-order valence-electron chi connectivity index (χ1n) is 7.61. The SMILES string of the molecule is CC(C)(C)OC(=O)NCCC(O)C(O)c1cc(N)ccc1C(F)(F)F. The van der Waals surface area contributed by atoms with Crippen LogP contribution in [-0.2, 0) is 10.9 Å². The van der Waals surface area contributed by atoms with Gasteiger partial charge in [-0.3, -0.25) is 0 Å². The minimum absolute atomic E-state index is 0.0288. The van der Waals surface area contributed by atoms with Crippen LogP contribution in [-0.4, -0.2) is 34.6 Å². The molecule has 2 atom stereocenters. The Labute approximate surface area is 143 Å². The molecule has 0 radical (unpaired) electrons. The fourth-order valence-electron chi connectivity index (χ4n) is 2.09. The van der Waals surface area contributed by atoms with Crippen LogP contribution >= 0.6 is 0 Å². The summed E-state index contributed by atoms with van der Waals surface area (Å²) >= 11 is 0. The number of aliphatic hydroxyl groups excluding tert-OH is 2. The van der Waals surface area contributed by atoms with Crippen LogP contribution in [0.25, 0.3) is 0 Å². The lowest BCUT2D eigenvalue weighted by atomic mass is 9.96. The molecule has 0 heterocycles. The Bertz CT molecular complexity index is 600. The van der Waals surface area contributed by atoms with E-state index in [1.807, 2.05) is 0 Å². The molecule has 0 saturated heterocycles. The number of nitrogens with one attached hydrogen (secondary N) is 1. The predicted octanol–water partition coefficient (Wildman–Crippen LogP) is 2.60. The van der Waals surface area contributed by atoms with E-state index in [0.717, 1.165) is 18.2 Å². The zero-order valence-electron chi connectivity index (χ0n) is 14.2. The third kappa shape index (κ3) is 6.79. The molecule has 0 saturated carbocycles. The van der Waals surface area contributed by atoms with Crippen LogP contribution in [0, 0.1) is 0 Å². The van der Waals surface area contributed by atoms with Gasteiger partial charge in [-0.2, -0.15) is 13.2 Å². The van der Waals surface area contributed by atoms with E-state index in [9.17, 15) is 28.2 Å². The number of rotatable bonds is 5. The van der Waals surface area contributed by atoms with Gasteiger partial charge >= 0.3 is 12.3 Å². The van der Waals surface area contributed by atoms with Crippen molar-refractivity contribution in [2.24, 2.45) is 0 Å². The van der Waals surface area contributed by atoms with Crippen molar-refractivity contribution in [3.05, 3.63) is 29.3 Å². The molecule has 142 valence electrons. The van der Waals surface area contributed by atoms with Crippen LogP contribution in [0.1, 0.15) is 44.4 Å². The van der Waals surface area contributed by atoms with Gasteiger partial charge in [0.25, 0.3) is 0 Å². The first-order valence-corrected chi connectivity index (χ1v) is 7.61. The lowest BCUT2D eigenvalue weighted by Gasteiger charge is -2.23. The van der Waals surface area contributed by atoms with E-state index in [-0.39, 0.29) is 18.7 Å². The summed E-state index contributed by atoms with van der Waals surface area (Å²) in [5, 5.41) is 22.4. The highest BCUT2D eigenvalue weighted by atomic mass is 19.4. The van der Waals surface area contributed by atoms with E-state index >= 15 is 0 Å². The number of benzene rings is 1. The molecule has 25 heavy (non-hydrogen) atoms. The summed E-state index contributed by atoms with van der Waals surface area (Å²) in [6, 6.07) is 2.78. The number of aliphatic hydroxyl groups is 2. The predicted molar refractivity (Wildman–Crippen MR) is 85.7 cm³/mol. The zero-order chi connectivity index (χ0) is 19.4. The van der Waals surface area contributed by atoms with Gasteiger partial charge in [0.2, 0.25) is 0 Å². The molecule has 1 aromatic carbocycles. The molecule has 1 aromatic rings. The molecule has 6 nitrogen and oxygen atoms in total. The number of hydrogen-bond acceptors (Lipinski definition) is 5. The van der Waals surface area contributed by atoms with Crippen molar-refractivity contribution in [3.63, 3.8) is 0 Å². The Hall–Kier alpha value is -2.00. The quantitative estimate of drug-likeness (QED) is 0.601. The number of alkyl halides is 3. The van der Waals surface area contributed by atoms with Crippen molar-refractivity contribution < 1.29 is 32.9 Å². The first-order chi connectivity index (χ1) is 11.3. The van der Waals surface area contributed by atoms with Gasteiger partial charge in [0, 0.05) is 12.2 Å². The Morgan fingerprint density at radius 3 is 2.40 bits per heavy atom. The molecule has 0 aliphatic heterocycles. The summed E-state index contributed by atoms with van der Waals surface area (Å²) in [6.07, 6.45) is -8.93. The summed E-state index contributed by atoms with van der Waals surface area (Å²) in [7, 11) is 0. The standard InChI is InChI=1S/C16H23F3N2O4/c1-15(2,3)25-14(24)21-7-6-12(22)13(23)10-8-9(20)4-5-11(10)16(17,18)19/h4-5,8,12-13,22-23H,6-7,20H2,1-3H3,(H,21,24). The van der Waals surface area contributed by atoms with Crippen molar-refractivity contribution >= 4 is 11.8 Å². The zero-order valence-corrected chi connectivity index (χ0v) is 14.2. The summed E-state index contributed by atoms with van der Waals surface area (Å²) < 4.78 is 44.0. The summed E-state index contributed by atoms with van der Waals surface area (Å²) in [4.78, 5) is 11.5. The molecule has 0 bridgehead atoms. The molecule has 1 amide bonds. The van der Waals surface area contributed by atoms with E-state index in [0.29, 0.717) is 0 Å². The van der Waals surface area contributed by atoms with Crippen molar-refractivity contribution in [3.8, 4) is 0 Å². The number of carbonyl (C=O) groups excluding carboxylic acids is 1. The van der Waals surface area contributed by atoms with Crippen LogP contribution < -0.4 is 11.1 Å². The number of hydrogen-bond donors (Lipinski definition) is 4. The second kappa shape index (κ2) is 7.92. The summed E-state index contributed by atoms with van der Waals surface area (Å²) in [5.41, 5.74) is 3.21. The highest BCUT2D eigenvalue weighted by molar-refractivity contribution is 5.67. The maximum Gasteiger partial charge on any atom is 0.416 e. The molecule has 2 unspecified atom stereocenters. The largest absolute Gasteiger partial charge is 0.444 e. The number of carbonyl (C=O) groups is 1. The number of nitrogens with two attached hydrogens (primary N) is 1. The average molecular weight is 364 g/mol. The van der Waals surface area contributed by atoms with Crippen LogP contribution in [0.5, 0.6) is 0 Å². The van der Waals surface area contributed by atoms with Crippen LogP contribution in [0.3, 0.4) is 0 Å². The normalized spacial score (nSPS) is 14.7. The average Bonchev–Trinajstić information content (AvgIpc) is 2.42. The number of amides is 1. The third-order valence-corrected chi connectivity index (χ3v) is 3.17. The Morgan fingerprint density at radius 2 is 1.88 bits per heavy atom. The van der Waals surface area contributed by atoms with Crippen LogP contribution in [0.4, 0.5) is 23.7 Å². The Kier molecular flexibility index (Phi) is 6.67. The van der Waals surface area contributed by atoms with E-state index in [1.165, 1.54) is 0 Å². The first kappa shape index (κ1) is 21.0. The molecular formula is C16H23F3N2O4. The smallest absolute Gasteiger partial charge is 0.416 e. The topological polar surface area (TPSA) is 105 Å². The van der Waals surface area contributed by atoms with Gasteiger partial charge in [0.15, 0.2) is 0 Å². The molecule has 0 aliphatic rings. The van der Waals surface area contributed by atoms with Gasteiger partial charge in [0.1, 0.15) is 11.7 Å². The Balaban J connectivity index is 2.73. The van der Waals surface area contributed by atoms with Gasteiger partial charge < -0.3 is 26.0 Å². The molecule has 1 rings (SSSR count). The highest BCUT2D eigenvalue weighted by Crippen LogP contribution is 2.36. The molecule has 0 spiro atoms. The van der Waals surface area contributed by atoms with Crippen molar-refractivity contribution in [1.82, 2.24) is 5.32 Å². The summed E-state index contributed by atoms with van der Waals surface area (Å²) in [6.45, 7) is 4.92. The Morgan fingerprint density at radius 1 is 1.28 bits per heavy atom. The van der Waals surface area contributed by atoms with Gasteiger partial charge in [-0.05, 0) is 51.0 Å². The number of nitrogen functional groups attached to an aromatic ring is 1. The number of halogens is 3. The molecule has 9 heteroatoms. The minimum Gasteiger partial charge on any atom is -0.444 e.